The number of hydrogen-bond donors (Lipinski definition) is 3. The molecule has 62 valence electrons. The van der Waals surface area contributed by atoms with Gasteiger partial charge in [0.25, 0.3) is 0 Å². The first kappa shape index (κ1) is 9.84. The Morgan fingerprint density at radius 3 is 2.30 bits per heavy atom. The molecule has 0 fully saturated rings. The molecular formula is C6H16N2O2. The van der Waals surface area contributed by atoms with Crippen molar-refractivity contribution in [2.75, 3.05) is 33.6 Å². The standard InChI is InChI=1S/C6H16N2O2/c1-7-3-2-4-8(5-9)6-10/h7,9-10H,2-6H2,1H3. The molecule has 0 bridgehead atoms. The number of nitrogens with one attached hydrogen (secondary N) is 1. The van der Waals surface area contributed by atoms with E-state index in [4.69, 9.17) is 10.2 Å². The quantitative estimate of drug-likeness (QED) is 0.327. The zero-order valence-corrected chi connectivity index (χ0v) is 6.38. The summed E-state index contributed by atoms with van der Waals surface area (Å²) in [6.07, 6.45) is 0.942. The van der Waals surface area contributed by atoms with Crippen LogP contribution in [0.25, 0.3) is 0 Å². The number of aliphatic hydroxyl groups excluding tert-OH is 2. The van der Waals surface area contributed by atoms with Crippen LogP contribution in [-0.2, 0) is 0 Å². The second-order valence-electron chi connectivity index (χ2n) is 2.13. The van der Waals surface area contributed by atoms with Gasteiger partial charge < -0.3 is 15.5 Å². The fraction of sp³-hybridized carbons (Fsp3) is 1.00. The Bertz CT molecular complexity index is 66.8. The van der Waals surface area contributed by atoms with E-state index in [0.29, 0.717) is 0 Å². The van der Waals surface area contributed by atoms with Crippen LogP contribution in [0, 0.1) is 0 Å². The van der Waals surface area contributed by atoms with Gasteiger partial charge in [-0.3, -0.25) is 4.90 Å². The van der Waals surface area contributed by atoms with E-state index >= 15 is 0 Å². The van der Waals surface area contributed by atoms with Crippen LogP contribution in [0.1, 0.15) is 6.42 Å². The highest BCUT2D eigenvalue weighted by atomic mass is 16.3. The first-order valence-corrected chi connectivity index (χ1v) is 3.43. The van der Waals surface area contributed by atoms with Crippen molar-refractivity contribution in [2.45, 2.75) is 6.42 Å². The molecule has 0 aromatic carbocycles. The SMILES string of the molecule is CNCCCN(CO)CO. The summed E-state index contributed by atoms with van der Waals surface area (Å²) in [6.45, 7) is 1.50. The Morgan fingerprint density at radius 2 is 1.90 bits per heavy atom. The van der Waals surface area contributed by atoms with Gasteiger partial charge in [0.15, 0.2) is 0 Å². The van der Waals surface area contributed by atoms with Crippen molar-refractivity contribution in [1.29, 1.82) is 0 Å². The molecule has 0 aromatic rings. The highest BCUT2D eigenvalue weighted by Gasteiger charge is 1.97. The molecule has 0 aromatic heterocycles. The normalized spacial score (nSPS) is 10.8. The molecule has 0 heterocycles. The van der Waals surface area contributed by atoms with E-state index in [-0.39, 0.29) is 13.5 Å². The van der Waals surface area contributed by atoms with Gasteiger partial charge in [-0.05, 0) is 20.0 Å². The van der Waals surface area contributed by atoms with E-state index in [2.05, 4.69) is 5.32 Å². The van der Waals surface area contributed by atoms with E-state index in [1.807, 2.05) is 7.05 Å². The van der Waals surface area contributed by atoms with Gasteiger partial charge in [0.1, 0.15) is 0 Å². The molecular weight excluding hydrogens is 132 g/mol. The summed E-state index contributed by atoms with van der Waals surface area (Å²) < 4.78 is 0. The zero-order valence-electron chi connectivity index (χ0n) is 6.38. The minimum atomic E-state index is -0.0692. The van der Waals surface area contributed by atoms with Crippen LogP contribution < -0.4 is 5.32 Å². The zero-order chi connectivity index (χ0) is 7.82. The van der Waals surface area contributed by atoms with Crippen LogP contribution >= 0.6 is 0 Å². The van der Waals surface area contributed by atoms with Crippen LogP contribution in [0.3, 0.4) is 0 Å². The minimum absolute atomic E-state index is 0.0692. The Labute approximate surface area is 61.5 Å². The molecule has 0 unspecified atom stereocenters. The lowest BCUT2D eigenvalue weighted by Crippen LogP contribution is -2.28. The molecule has 0 radical (unpaired) electrons. The van der Waals surface area contributed by atoms with Gasteiger partial charge in [-0.15, -0.1) is 0 Å². The third-order valence-corrected chi connectivity index (χ3v) is 1.30. The molecule has 4 heteroatoms. The van der Waals surface area contributed by atoms with Gasteiger partial charge in [-0.1, -0.05) is 0 Å². The van der Waals surface area contributed by atoms with E-state index < -0.39 is 0 Å². The molecule has 0 saturated carbocycles. The maximum Gasteiger partial charge on any atom is 0.0974 e. The van der Waals surface area contributed by atoms with Gasteiger partial charge in [0.2, 0.25) is 0 Å². The lowest BCUT2D eigenvalue weighted by Gasteiger charge is -2.14. The average Bonchev–Trinajstić information content (AvgIpc) is 1.99. The van der Waals surface area contributed by atoms with Crippen LogP contribution in [0.5, 0.6) is 0 Å². The minimum Gasteiger partial charge on any atom is -0.381 e. The molecule has 0 spiro atoms. The van der Waals surface area contributed by atoms with E-state index in [9.17, 15) is 0 Å². The number of aliphatic hydroxyl groups is 2. The lowest BCUT2D eigenvalue weighted by atomic mass is 10.4. The molecule has 0 rings (SSSR count). The number of rotatable bonds is 6. The first-order valence-electron chi connectivity index (χ1n) is 3.43. The summed E-state index contributed by atoms with van der Waals surface area (Å²) in [5, 5.41) is 20.1. The van der Waals surface area contributed by atoms with Crippen molar-refractivity contribution in [3.8, 4) is 0 Å². The maximum atomic E-state index is 8.57. The predicted molar refractivity (Wildman–Crippen MR) is 39.4 cm³/mol. The Kier molecular flexibility index (Phi) is 6.84. The fourth-order valence-electron chi connectivity index (χ4n) is 0.666. The molecule has 4 nitrogen and oxygen atoms in total. The van der Waals surface area contributed by atoms with Crippen LogP contribution in [0.4, 0.5) is 0 Å². The predicted octanol–water partition coefficient (Wildman–Crippen LogP) is -1.20. The van der Waals surface area contributed by atoms with Gasteiger partial charge in [-0.25, -0.2) is 0 Å². The van der Waals surface area contributed by atoms with Crippen LogP contribution in [0.2, 0.25) is 0 Å². The summed E-state index contributed by atoms with van der Waals surface area (Å²) in [5.74, 6) is 0. The van der Waals surface area contributed by atoms with Gasteiger partial charge in [-0.2, -0.15) is 0 Å². The molecule has 10 heavy (non-hydrogen) atoms. The number of hydrogen-bond acceptors (Lipinski definition) is 4. The third-order valence-electron chi connectivity index (χ3n) is 1.30. The first-order chi connectivity index (χ1) is 4.85. The van der Waals surface area contributed by atoms with Crippen molar-refractivity contribution in [3.63, 3.8) is 0 Å². The summed E-state index contributed by atoms with van der Waals surface area (Å²) in [7, 11) is 1.88. The summed E-state index contributed by atoms with van der Waals surface area (Å²) in [5.41, 5.74) is 0. The van der Waals surface area contributed by atoms with Gasteiger partial charge in [0.05, 0.1) is 13.5 Å². The Morgan fingerprint density at radius 1 is 1.30 bits per heavy atom. The highest BCUT2D eigenvalue weighted by Crippen LogP contribution is 1.85. The van der Waals surface area contributed by atoms with E-state index in [1.165, 1.54) is 0 Å². The molecule has 0 aliphatic rings. The monoisotopic (exact) mass is 148 g/mol. The Balaban J connectivity index is 3.09. The topological polar surface area (TPSA) is 55.7 Å². The second-order valence-corrected chi connectivity index (χ2v) is 2.13. The summed E-state index contributed by atoms with van der Waals surface area (Å²) in [4.78, 5) is 1.55. The maximum absolute atomic E-state index is 8.57. The molecule has 3 N–H and O–H groups in total. The van der Waals surface area contributed by atoms with E-state index in [0.717, 1.165) is 19.5 Å². The molecule has 0 atom stereocenters. The Hall–Kier alpha value is -0.160. The van der Waals surface area contributed by atoms with Crippen molar-refractivity contribution < 1.29 is 10.2 Å². The number of nitrogens with zero attached hydrogens (tertiary/aromatic N) is 1. The van der Waals surface area contributed by atoms with Gasteiger partial charge in [0, 0.05) is 6.54 Å². The largest absolute Gasteiger partial charge is 0.381 e. The summed E-state index contributed by atoms with van der Waals surface area (Å²) in [6, 6.07) is 0. The summed E-state index contributed by atoms with van der Waals surface area (Å²) >= 11 is 0. The van der Waals surface area contributed by atoms with Crippen molar-refractivity contribution in [1.82, 2.24) is 10.2 Å². The van der Waals surface area contributed by atoms with Crippen molar-refractivity contribution in [3.05, 3.63) is 0 Å². The smallest absolute Gasteiger partial charge is 0.0974 e. The van der Waals surface area contributed by atoms with Crippen molar-refractivity contribution in [2.24, 2.45) is 0 Å². The van der Waals surface area contributed by atoms with Gasteiger partial charge >= 0.3 is 0 Å². The molecule has 0 aliphatic carbocycles. The van der Waals surface area contributed by atoms with Crippen molar-refractivity contribution >= 4 is 0 Å². The molecule has 0 aliphatic heterocycles. The van der Waals surface area contributed by atoms with Crippen LogP contribution in [-0.4, -0.2) is 48.7 Å². The highest BCUT2D eigenvalue weighted by molar-refractivity contribution is 4.48. The third kappa shape index (κ3) is 4.69. The fourth-order valence-corrected chi connectivity index (χ4v) is 0.666. The lowest BCUT2D eigenvalue weighted by molar-refractivity contribution is 0.0290. The second kappa shape index (κ2) is 6.95. The molecule has 0 amide bonds. The van der Waals surface area contributed by atoms with Crippen LogP contribution in [0.15, 0.2) is 0 Å². The average molecular weight is 148 g/mol. The molecule has 0 saturated heterocycles. The van der Waals surface area contributed by atoms with E-state index in [1.54, 1.807) is 4.90 Å².